The van der Waals surface area contributed by atoms with Gasteiger partial charge < -0.3 is 20.9 Å². The molecule has 0 radical (unpaired) electrons. The van der Waals surface area contributed by atoms with Crippen LogP contribution >= 0.6 is 12.4 Å². The highest BCUT2D eigenvalue weighted by atomic mass is 35.5. The quantitative estimate of drug-likeness (QED) is 0.733. The summed E-state index contributed by atoms with van der Waals surface area (Å²) in [5.74, 6) is 0.713. The van der Waals surface area contributed by atoms with Crippen molar-refractivity contribution in [3.8, 4) is 0 Å². The number of hydrogen-bond acceptors (Lipinski definition) is 3. The van der Waals surface area contributed by atoms with Crippen molar-refractivity contribution in [1.29, 1.82) is 0 Å². The molecule has 1 atom stereocenters. The van der Waals surface area contributed by atoms with Crippen LogP contribution in [-0.2, 0) is 11.3 Å². The highest BCUT2D eigenvalue weighted by Crippen LogP contribution is 2.14. The summed E-state index contributed by atoms with van der Waals surface area (Å²) in [5, 5.41) is 9.06. The minimum atomic E-state index is -0.170. The van der Waals surface area contributed by atoms with Crippen LogP contribution in [0.5, 0.6) is 0 Å². The van der Waals surface area contributed by atoms with Crippen LogP contribution in [0, 0.1) is 5.92 Å². The summed E-state index contributed by atoms with van der Waals surface area (Å²) >= 11 is 0. The monoisotopic (exact) mass is 354 g/mol. The van der Waals surface area contributed by atoms with Gasteiger partial charge in [0.15, 0.2) is 0 Å². The van der Waals surface area contributed by atoms with Crippen LogP contribution in [0.3, 0.4) is 0 Å². The molecule has 6 nitrogen and oxygen atoms in total. The van der Waals surface area contributed by atoms with Crippen LogP contribution in [0.15, 0.2) is 24.3 Å². The molecule has 1 aliphatic heterocycles. The van der Waals surface area contributed by atoms with E-state index in [2.05, 4.69) is 16.0 Å². The number of rotatable bonds is 6. The van der Waals surface area contributed by atoms with Crippen molar-refractivity contribution >= 4 is 30.0 Å². The fourth-order valence-corrected chi connectivity index (χ4v) is 2.58. The molecule has 1 fully saturated rings. The van der Waals surface area contributed by atoms with Gasteiger partial charge in [0, 0.05) is 32.7 Å². The summed E-state index contributed by atoms with van der Waals surface area (Å²) in [4.78, 5) is 25.0. The molecule has 134 valence electrons. The molecular formula is C17H27ClN4O2. The first-order chi connectivity index (χ1) is 11.0. The molecule has 0 aromatic heterocycles. The van der Waals surface area contributed by atoms with Crippen molar-refractivity contribution in [3.05, 3.63) is 29.8 Å². The second-order valence-corrected chi connectivity index (χ2v) is 6.20. The summed E-state index contributed by atoms with van der Waals surface area (Å²) in [7, 11) is 3.39. The first-order valence-corrected chi connectivity index (χ1v) is 8.09. The van der Waals surface area contributed by atoms with E-state index in [0.717, 1.165) is 30.8 Å². The molecule has 2 rings (SSSR count). The van der Waals surface area contributed by atoms with E-state index in [1.807, 2.05) is 24.3 Å². The van der Waals surface area contributed by atoms with Gasteiger partial charge in [-0.25, -0.2) is 4.79 Å². The Morgan fingerprint density at radius 2 is 2.12 bits per heavy atom. The number of halogens is 1. The Hall–Kier alpha value is -1.79. The van der Waals surface area contributed by atoms with Crippen LogP contribution in [0.4, 0.5) is 10.5 Å². The third kappa shape index (κ3) is 6.76. The van der Waals surface area contributed by atoms with Gasteiger partial charge in [-0.1, -0.05) is 12.1 Å². The van der Waals surface area contributed by atoms with Gasteiger partial charge in [0.25, 0.3) is 0 Å². The summed E-state index contributed by atoms with van der Waals surface area (Å²) < 4.78 is 0. The van der Waals surface area contributed by atoms with E-state index < -0.39 is 0 Å². The number of amides is 3. The minimum absolute atomic E-state index is 0. The van der Waals surface area contributed by atoms with E-state index in [9.17, 15) is 9.59 Å². The second kappa shape index (κ2) is 10.2. The van der Waals surface area contributed by atoms with E-state index in [1.54, 1.807) is 14.1 Å². The number of benzene rings is 1. The zero-order valence-electron chi connectivity index (χ0n) is 14.3. The molecular weight excluding hydrogens is 328 g/mol. The molecule has 1 aliphatic rings. The Bertz CT molecular complexity index is 545. The molecule has 1 aromatic carbocycles. The molecule has 1 aromatic rings. The van der Waals surface area contributed by atoms with E-state index in [1.165, 1.54) is 11.3 Å². The predicted molar refractivity (Wildman–Crippen MR) is 98.5 cm³/mol. The molecule has 0 aliphatic carbocycles. The number of hydrogen-bond donors (Lipinski definition) is 3. The minimum Gasteiger partial charge on any atom is -0.352 e. The van der Waals surface area contributed by atoms with Crippen LogP contribution in [0.2, 0.25) is 0 Å². The molecule has 7 heteroatoms. The van der Waals surface area contributed by atoms with Crippen molar-refractivity contribution in [2.24, 2.45) is 5.92 Å². The van der Waals surface area contributed by atoms with E-state index >= 15 is 0 Å². The van der Waals surface area contributed by atoms with Gasteiger partial charge in [-0.05, 0) is 49.5 Å². The lowest BCUT2D eigenvalue weighted by Crippen LogP contribution is -2.27. The molecule has 1 heterocycles. The molecule has 3 amide bonds. The van der Waals surface area contributed by atoms with E-state index in [-0.39, 0.29) is 24.3 Å². The average Bonchev–Trinajstić information content (AvgIpc) is 3.04. The SMILES string of the molecule is CN(C)C(=O)Nc1cccc(CNC(=O)CCC2CCNC2)c1.Cl. The van der Waals surface area contributed by atoms with Crippen molar-refractivity contribution in [2.45, 2.75) is 25.8 Å². The fourth-order valence-electron chi connectivity index (χ4n) is 2.58. The summed E-state index contributed by atoms with van der Waals surface area (Å²) in [6.07, 6.45) is 2.68. The smallest absolute Gasteiger partial charge is 0.321 e. The Kier molecular flexibility index (Phi) is 8.57. The number of carbonyl (C=O) groups is 2. The fraction of sp³-hybridized carbons (Fsp3) is 0.529. The number of anilines is 1. The largest absolute Gasteiger partial charge is 0.352 e. The predicted octanol–water partition coefficient (Wildman–Crippen LogP) is 2.21. The number of nitrogens with zero attached hydrogens (tertiary/aromatic N) is 1. The molecule has 0 saturated carbocycles. The third-order valence-corrected chi connectivity index (χ3v) is 4.02. The Balaban J connectivity index is 0.00000288. The van der Waals surface area contributed by atoms with Crippen molar-refractivity contribution in [3.63, 3.8) is 0 Å². The Labute approximate surface area is 149 Å². The Morgan fingerprint density at radius 3 is 2.79 bits per heavy atom. The maximum Gasteiger partial charge on any atom is 0.321 e. The lowest BCUT2D eigenvalue weighted by Gasteiger charge is -2.13. The lowest BCUT2D eigenvalue weighted by molar-refractivity contribution is -0.121. The number of nitrogens with one attached hydrogen (secondary N) is 3. The first-order valence-electron chi connectivity index (χ1n) is 8.09. The summed E-state index contributed by atoms with van der Waals surface area (Å²) in [6.45, 7) is 2.58. The number of urea groups is 1. The highest BCUT2D eigenvalue weighted by Gasteiger charge is 2.15. The topological polar surface area (TPSA) is 73.5 Å². The van der Waals surface area contributed by atoms with Gasteiger partial charge in [0.1, 0.15) is 0 Å². The molecule has 24 heavy (non-hydrogen) atoms. The first kappa shape index (κ1) is 20.3. The molecule has 1 unspecified atom stereocenters. The zero-order valence-corrected chi connectivity index (χ0v) is 15.1. The zero-order chi connectivity index (χ0) is 16.7. The second-order valence-electron chi connectivity index (χ2n) is 6.20. The lowest BCUT2D eigenvalue weighted by atomic mass is 10.0. The van der Waals surface area contributed by atoms with Crippen molar-refractivity contribution < 1.29 is 9.59 Å². The van der Waals surface area contributed by atoms with E-state index in [0.29, 0.717) is 18.9 Å². The molecule has 0 bridgehead atoms. The van der Waals surface area contributed by atoms with Gasteiger partial charge in [0.2, 0.25) is 5.91 Å². The van der Waals surface area contributed by atoms with Crippen LogP contribution in [0.25, 0.3) is 0 Å². The van der Waals surface area contributed by atoms with Crippen LogP contribution in [-0.4, -0.2) is 44.0 Å². The van der Waals surface area contributed by atoms with Gasteiger partial charge in [-0.2, -0.15) is 0 Å². The normalized spacial score (nSPS) is 16.2. The van der Waals surface area contributed by atoms with Crippen molar-refractivity contribution in [2.75, 3.05) is 32.5 Å². The third-order valence-electron chi connectivity index (χ3n) is 4.02. The standard InChI is InChI=1S/C17H26N4O2.ClH/c1-21(2)17(23)20-15-5-3-4-14(10-15)12-19-16(22)7-6-13-8-9-18-11-13;/h3-5,10,13,18H,6-9,11-12H2,1-2H3,(H,19,22)(H,20,23);1H. The highest BCUT2D eigenvalue weighted by molar-refractivity contribution is 5.89. The van der Waals surface area contributed by atoms with E-state index in [4.69, 9.17) is 0 Å². The average molecular weight is 355 g/mol. The van der Waals surface area contributed by atoms with Gasteiger partial charge in [-0.3, -0.25) is 4.79 Å². The van der Waals surface area contributed by atoms with Crippen LogP contribution in [0.1, 0.15) is 24.8 Å². The van der Waals surface area contributed by atoms with Gasteiger partial charge in [0.05, 0.1) is 0 Å². The maximum absolute atomic E-state index is 11.9. The van der Waals surface area contributed by atoms with Crippen LogP contribution < -0.4 is 16.0 Å². The summed E-state index contributed by atoms with van der Waals surface area (Å²) in [6, 6.07) is 7.35. The molecule has 1 saturated heterocycles. The molecule has 3 N–H and O–H groups in total. The molecule has 0 spiro atoms. The number of carbonyl (C=O) groups excluding carboxylic acids is 2. The Morgan fingerprint density at radius 1 is 1.33 bits per heavy atom. The van der Waals surface area contributed by atoms with Gasteiger partial charge >= 0.3 is 6.03 Å². The summed E-state index contributed by atoms with van der Waals surface area (Å²) in [5.41, 5.74) is 1.70. The van der Waals surface area contributed by atoms with Gasteiger partial charge in [-0.15, -0.1) is 12.4 Å². The van der Waals surface area contributed by atoms with Crippen molar-refractivity contribution in [1.82, 2.24) is 15.5 Å². The maximum atomic E-state index is 11.9.